The Balaban J connectivity index is 2.06. The Morgan fingerprint density at radius 3 is 3.18 bits per heavy atom. The summed E-state index contributed by atoms with van der Waals surface area (Å²) in [6.45, 7) is 1.55. The van der Waals surface area contributed by atoms with Crippen LogP contribution in [0, 0.1) is 0 Å². The average molecular weight is 258 g/mol. The van der Waals surface area contributed by atoms with Crippen LogP contribution < -0.4 is 10.5 Å². The standard InChI is InChI=1S/C11H16ClN3O2/c1-15(7-8-4-2-3-5-17-8)9-6-13-14-11(16)10(9)12/h6,8H,2-5,7H2,1H3,(H,14,16). The number of aromatic nitrogens is 2. The van der Waals surface area contributed by atoms with Crippen molar-refractivity contribution in [1.29, 1.82) is 0 Å². The van der Waals surface area contributed by atoms with E-state index in [1.807, 2.05) is 11.9 Å². The highest BCUT2D eigenvalue weighted by molar-refractivity contribution is 6.32. The molecule has 2 rings (SSSR count). The van der Waals surface area contributed by atoms with Gasteiger partial charge in [-0.15, -0.1) is 0 Å². The third kappa shape index (κ3) is 2.98. The molecule has 94 valence electrons. The Morgan fingerprint density at radius 1 is 1.65 bits per heavy atom. The molecule has 1 N–H and O–H groups in total. The predicted octanol–water partition coefficient (Wildman–Crippen LogP) is 1.43. The molecule has 0 aliphatic carbocycles. The smallest absolute Gasteiger partial charge is 0.285 e. The molecule has 6 heteroatoms. The van der Waals surface area contributed by atoms with Crippen molar-refractivity contribution in [3.8, 4) is 0 Å². The summed E-state index contributed by atoms with van der Waals surface area (Å²) in [6.07, 6.45) is 5.16. The van der Waals surface area contributed by atoms with E-state index in [9.17, 15) is 4.79 Å². The first-order valence-corrected chi connectivity index (χ1v) is 6.12. The SMILES string of the molecule is CN(CC1CCCCO1)c1cn[nH]c(=O)c1Cl. The average Bonchev–Trinajstić information content (AvgIpc) is 2.34. The summed E-state index contributed by atoms with van der Waals surface area (Å²) in [5.74, 6) is 0. The molecule has 1 aromatic heterocycles. The molecule has 0 bridgehead atoms. The van der Waals surface area contributed by atoms with Gasteiger partial charge in [-0.2, -0.15) is 5.10 Å². The summed E-state index contributed by atoms with van der Waals surface area (Å²) in [5, 5.41) is 6.24. The minimum atomic E-state index is -0.361. The maximum absolute atomic E-state index is 11.3. The van der Waals surface area contributed by atoms with Crippen molar-refractivity contribution in [2.75, 3.05) is 25.1 Å². The van der Waals surface area contributed by atoms with Crippen LogP contribution in [0.2, 0.25) is 5.02 Å². The van der Waals surface area contributed by atoms with Gasteiger partial charge in [0.25, 0.3) is 5.56 Å². The van der Waals surface area contributed by atoms with E-state index in [2.05, 4.69) is 10.2 Å². The molecule has 0 amide bonds. The molecule has 0 spiro atoms. The van der Waals surface area contributed by atoms with E-state index in [0.717, 1.165) is 26.0 Å². The van der Waals surface area contributed by atoms with E-state index < -0.39 is 0 Å². The van der Waals surface area contributed by atoms with E-state index in [1.54, 1.807) is 6.20 Å². The number of nitrogens with zero attached hydrogens (tertiary/aromatic N) is 2. The molecule has 1 atom stereocenters. The molecule has 0 saturated carbocycles. The lowest BCUT2D eigenvalue weighted by atomic mass is 10.1. The zero-order valence-electron chi connectivity index (χ0n) is 9.78. The predicted molar refractivity (Wildman–Crippen MR) is 66.7 cm³/mol. The molecule has 17 heavy (non-hydrogen) atoms. The minimum absolute atomic E-state index is 0.179. The molecule has 0 radical (unpaired) electrons. The van der Waals surface area contributed by atoms with Crippen LogP contribution in [0.1, 0.15) is 19.3 Å². The van der Waals surface area contributed by atoms with Crippen LogP contribution in [-0.2, 0) is 4.74 Å². The fourth-order valence-electron chi connectivity index (χ4n) is 2.00. The monoisotopic (exact) mass is 257 g/mol. The number of hydrogen-bond acceptors (Lipinski definition) is 4. The van der Waals surface area contributed by atoms with Gasteiger partial charge in [-0.3, -0.25) is 4.79 Å². The Bertz CT molecular complexity index is 429. The number of likely N-dealkylation sites (N-methyl/N-ethyl adjacent to an activating group) is 1. The first-order chi connectivity index (χ1) is 8.18. The Morgan fingerprint density at radius 2 is 2.47 bits per heavy atom. The number of ether oxygens (including phenoxy) is 1. The van der Waals surface area contributed by atoms with Crippen molar-refractivity contribution >= 4 is 17.3 Å². The molecular formula is C11H16ClN3O2. The number of hydrogen-bond donors (Lipinski definition) is 1. The molecule has 1 aliphatic heterocycles. The number of anilines is 1. The second-order valence-corrected chi connectivity index (χ2v) is 4.65. The Labute approximate surface area is 105 Å². The number of rotatable bonds is 3. The van der Waals surface area contributed by atoms with Crippen LogP contribution in [0.15, 0.2) is 11.0 Å². The van der Waals surface area contributed by atoms with Gasteiger partial charge in [0.2, 0.25) is 0 Å². The van der Waals surface area contributed by atoms with Gasteiger partial charge in [0, 0.05) is 20.2 Å². The zero-order valence-corrected chi connectivity index (χ0v) is 10.5. The molecule has 1 fully saturated rings. The molecule has 1 saturated heterocycles. The number of H-pyrrole nitrogens is 1. The van der Waals surface area contributed by atoms with Crippen molar-refractivity contribution < 1.29 is 4.74 Å². The maximum Gasteiger partial charge on any atom is 0.285 e. The van der Waals surface area contributed by atoms with Crippen molar-refractivity contribution in [2.24, 2.45) is 0 Å². The summed E-state index contributed by atoms with van der Waals surface area (Å²) in [6, 6.07) is 0. The second-order valence-electron chi connectivity index (χ2n) is 4.27. The van der Waals surface area contributed by atoms with E-state index in [-0.39, 0.29) is 16.7 Å². The summed E-state index contributed by atoms with van der Waals surface area (Å²) in [7, 11) is 1.89. The Kier molecular flexibility index (Phi) is 4.02. The topological polar surface area (TPSA) is 58.2 Å². The normalized spacial score (nSPS) is 20.2. The third-order valence-electron chi connectivity index (χ3n) is 2.94. The molecule has 0 aromatic carbocycles. The first-order valence-electron chi connectivity index (χ1n) is 5.74. The number of nitrogens with one attached hydrogen (secondary N) is 1. The van der Waals surface area contributed by atoms with Crippen LogP contribution >= 0.6 is 11.6 Å². The molecule has 1 aliphatic rings. The highest BCUT2D eigenvalue weighted by Gasteiger charge is 2.18. The quantitative estimate of drug-likeness (QED) is 0.890. The van der Waals surface area contributed by atoms with Crippen molar-refractivity contribution in [1.82, 2.24) is 10.2 Å². The van der Waals surface area contributed by atoms with E-state index in [1.165, 1.54) is 6.42 Å². The Hall–Kier alpha value is -1.07. The van der Waals surface area contributed by atoms with E-state index >= 15 is 0 Å². The van der Waals surface area contributed by atoms with E-state index in [4.69, 9.17) is 16.3 Å². The third-order valence-corrected chi connectivity index (χ3v) is 3.31. The summed E-state index contributed by atoms with van der Waals surface area (Å²) < 4.78 is 5.65. The maximum atomic E-state index is 11.3. The number of halogens is 1. The molecule has 2 heterocycles. The lowest BCUT2D eigenvalue weighted by molar-refractivity contribution is 0.0216. The van der Waals surface area contributed by atoms with Crippen LogP contribution in [0.25, 0.3) is 0 Å². The van der Waals surface area contributed by atoms with Crippen LogP contribution in [0.4, 0.5) is 5.69 Å². The van der Waals surface area contributed by atoms with Gasteiger partial charge in [-0.1, -0.05) is 11.6 Å². The van der Waals surface area contributed by atoms with Gasteiger partial charge >= 0.3 is 0 Å². The van der Waals surface area contributed by atoms with Gasteiger partial charge in [0.05, 0.1) is 18.0 Å². The molecule has 1 unspecified atom stereocenters. The van der Waals surface area contributed by atoms with Gasteiger partial charge < -0.3 is 9.64 Å². The van der Waals surface area contributed by atoms with Gasteiger partial charge in [0.1, 0.15) is 5.02 Å². The number of aromatic amines is 1. The lowest BCUT2D eigenvalue weighted by Crippen LogP contribution is -2.34. The zero-order chi connectivity index (χ0) is 12.3. The van der Waals surface area contributed by atoms with Gasteiger partial charge in [-0.25, -0.2) is 5.10 Å². The highest BCUT2D eigenvalue weighted by atomic mass is 35.5. The van der Waals surface area contributed by atoms with Gasteiger partial charge in [0.15, 0.2) is 0 Å². The van der Waals surface area contributed by atoms with Crippen molar-refractivity contribution in [3.63, 3.8) is 0 Å². The fourth-order valence-corrected chi connectivity index (χ4v) is 2.23. The minimum Gasteiger partial charge on any atom is -0.376 e. The summed E-state index contributed by atoms with van der Waals surface area (Å²) in [4.78, 5) is 13.2. The molecule has 5 nitrogen and oxygen atoms in total. The van der Waals surface area contributed by atoms with Crippen LogP contribution in [-0.4, -0.2) is 36.5 Å². The largest absolute Gasteiger partial charge is 0.376 e. The summed E-state index contributed by atoms with van der Waals surface area (Å²) in [5.41, 5.74) is 0.283. The lowest BCUT2D eigenvalue weighted by Gasteiger charge is -2.28. The highest BCUT2D eigenvalue weighted by Crippen LogP contribution is 2.21. The molecular weight excluding hydrogens is 242 g/mol. The first kappa shape index (κ1) is 12.4. The van der Waals surface area contributed by atoms with Crippen molar-refractivity contribution in [2.45, 2.75) is 25.4 Å². The van der Waals surface area contributed by atoms with Crippen LogP contribution in [0.3, 0.4) is 0 Å². The van der Waals surface area contributed by atoms with E-state index in [0.29, 0.717) is 5.69 Å². The van der Waals surface area contributed by atoms with Crippen molar-refractivity contribution in [3.05, 3.63) is 21.6 Å². The fraction of sp³-hybridized carbons (Fsp3) is 0.636. The van der Waals surface area contributed by atoms with Gasteiger partial charge in [-0.05, 0) is 19.3 Å². The summed E-state index contributed by atoms with van der Waals surface area (Å²) >= 11 is 5.94. The second kappa shape index (κ2) is 5.51. The van der Waals surface area contributed by atoms with Crippen LogP contribution in [0.5, 0.6) is 0 Å². The molecule has 1 aromatic rings.